The van der Waals surface area contributed by atoms with Gasteiger partial charge in [0, 0.05) is 6.04 Å². The maximum absolute atomic E-state index is 3.77. The van der Waals surface area contributed by atoms with Crippen molar-refractivity contribution in [3.63, 3.8) is 0 Å². The van der Waals surface area contributed by atoms with E-state index in [0.29, 0.717) is 6.04 Å². The Labute approximate surface area is 128 Å². The van der Waals surface area contributed by atoms with Gasteiger partial charge in [0.05, 0.1) is 0 Å². The Hall–Kier alpha value is -1.34. The maximum Gasteiger partial charge on any atom is 0.0108 e. The zero-order valence-corrected chi connectivity index (χ0v) is 13.1. The topological polar surface area (TPSA) is 12.0 Å². The van der Waals surface area contributed by atoms with Crippen molar-refractivity contribution in [2.24, 2.45) is 5.92 Å². The molecular formula is C20H27N. The fourth-order valence-corrected chi connectivity index (χ4v) is 3.20. The van der Waals surface area contributed by atoms with Gasteiger partial charge in [-0.2, -0.15) is 0 Å². The molecule has 0 heterocycles. The van der Waals surface area contributed by atoms with Crippen LogP contribution in [0.2, 0.25) is 0 Å². The van der Waals surface area contributed by atoms with Crippen LogP contribution >= 0.6 is 0 Å². The summed E-state index contributed by atoms with van der Waals surface area (Å²) >= 11 is 0. The van der Waals surface area contributed by atoms with Crippen LogP contribution < -0.4 is 5.32 Å². The second-order valence-corrected chi connectivity index (χ2v) is 6.51. The molecule has 21 heavy (non-hydrogen) atoms. The first-order chi connectivity index (χ1) is 10.4. The Bertz CT molecular complexity index is 566. The van der Waals surface area contributed by atoms with E-state index in [1.807, 2.05) is 0 Å². The van der Waals surface area contributed by atoms with Crippen LogP contribution in [0.4, 0.5) is 0 Å². The first kappa shape index (κ1) is 14.6. The number of hydrogen-bond donors (Lipinski definition) is 1. The van der Waals surface area contributed by atoms with E-state index in [4.69, 9.17) is 0 Å². The number of hydrogen-bond acceptors (Lipinski definition) is 1. The molecular weight excluding hydrogens is 254 g/mol. The van der Waals surface area contributed by atoms with Gasteiger partial charge in [-0.1, -0.05) is 62.2 Å². The highest BCUT2D eigenvalue weighted by Crippen LogP contribution is 2.34. The Kier molecular flexibility index (Phi) is 4.92. The summed E-state index contributed by atoms with van der Waals surface area (Å²) in [6.45, 7) is 3.39. The van der Waals surface area contributed by atoms with Gasteiger partial charge in [-0.15, -0.1) is 0 Å². The molecule has 1 N–H and O–H groups in total. The second-order valence-electron chi connectivity index (χ2n) is 6.51. The molecule has 1 heteroatoms. The maximum atomic E-state index is 3.77. The van der Waals surface area contributed by atoms with Crippen molar-refractivity contribution >= 4 is 10.8 Å². The van der Waals surface area contributed by atoms with Gasteiger partial charge in [0.25, 0.3) is 0 Å². The molecule has 112 valence electrons. The standard InChI is InChI=1S/C20H27N/c1-2-14-21-19(13-12-16-10-11-16)15-18-8-5-7-17-6-3-4-9-20(17)18/h3-9,16,19,21H,2,10-15H2,1H3. The summed E-state index contributed by atoms with van der Waals surface area (Å²) in [5, 5.41) is 6.56. The van der Waals surface area contributed by atoms with Crippen LogP contribution in [0.25, 0.3) is 10.8 Å². The molecule has 0 radical (unpaired) electrons. The molecule has 1 unspecified atom stereocenters. The average Bonchev–Trinajstić information content (AvgIpc) is 3.34. The van der Waals surface area contributed by atoms with Crippen molar-refractivity contribution in [2.75, 3.05) is 6.54 Å². The average molecular weight is 281 g/mol. The van der Waals surface area contributed by atoms with Crippen LogP contribution in [-0.4, -0.2) is 12.6 Å². The van der Waals surface area contributed by atoms with Crippen molar-refractivity contribution in [3.8, 4) is 0 Å². The Balaban J connectivity index is 1.72. The highest BCUT2D eigenvalue weighted by Gasteiger charge is 2.22. The molecule has 1 atom stereocenters. The van der Waals surface area contributed by atoms with E-state index in [1.165, 1.54) is 48.4 Å². The zero-order valence-electron chi connectivity index (χ0n) is 13.1. The molecule has 0 saturated heterocycles. The van der Waals surface area contributed by atoms with Gasteiger partial charge in [-0.3, -0.25) is 0 Å². The van der Waals surface area contributed by atoms with Gasteiger partial charge >= 0.3 is 0 Å². The molecule has 0 aromatic heterocycles. The third kappa shape index (κ3) is 4.07. The molecule has 1 saturated carbocycles. The zero-order chi connectivity index (χ0) is 14.5. The summed E-state index contributed by atoms with van der Waals surface area (Å²) in [5.74, 6) is 1.03. The second kappa shape index (κ2) is 7.09. The minimum absolute atomic E-state index is 0.636. The van der Waals surface area contributed by atoms with Gasteiger partial charge in [-0.05, 0) is 54.5 Å². The van der Waals surface area contributed by atoms with Crippen molar-refractivity contribution < 1.29 is 0 Å². The summed E-state index contributed by atoms with van der Waals surface area (Å²) in [7, 11) is 0. The molecule has 0 aliphatic heterocycles. The van der Waals surface area contributed by atoms with Crippen molar-refractivity contribution in [2.45, 2.75) is 51.5 Å². The van der Waals surface area contributed by atoms with Crippen LogP contribution in [0, 0.1) is 5.92 Å². The molecule has 0 amide bonds. The Morgan fingerprint density at radius 3 is 2.71 bits per heavy atom. The highest BCUT2D eigenvalue weighted by molar-refractivity contribution is 5.85. The van der Waals surface area contributed by atoms with E-state index in [-0.39, 0.29) is 0 Å². The monoisotopic (exact) mass is 281 g/mol. The number of benzene rings is 2. The van der Waals surface area contributed by atoms with Crippen LogP contribution in [0.5, 0.6) is 0 Å². The lowest BCUT2D eigenvalue weighted by Gasteiger charge is -2.19. The first-order valence-electron chi connectivity index (χ1n) is 8.57. The van der Waals surface area contributed by atoms with Gasteiger partial charge in [-0.25, -0.2) is 0 Å². The third-order valence-electron chi connectivity index (χ3n) is 4.65. The molecule has 0 bridgehead atoms. The lowest BCUT2D eigenvalue weighted by atomic mass is 9.96. The minimum Gasteiger partial charge on any atom is -0.314 e. The van der Waals surface area contributed by atoms with E-state index in [9.17, 15) is 0 Å². The summed E-state index contributed by atoms with van der Waals surface area (Å²) in [5.41, 5.74) is 1.50. The van der Waals surface area contributed by atoms with Crippen LogP contribution in [0.3, 0.4) is 0 Å². The molecule has 2 aromatic rings. The SMILES string of the molecule is CCCNC(CCC1CC1)Cc1cccc2ccccc12. The van der Waals surface area contributed by atoms with Gasteiger partial charge in [0.2, 0.25) is 0 Å². The molecule has 2 aromatic carbocycles. The Morgan fingerprint density at radius 1 is 1.10 bits per heavy atom. The van der Waals surface area contributed by atoms with Crippen LogP contribution in [0.1, 0.15) is 44.6 Å². The van der Waals surface area contributed by atoms with Gasteiger partial charge in [0.15, 0.2) is 0 Å². The van der Waals surface area contributed by atoms with E-state index in [1.54, 1.807) is 0 Å². The van der Waals surface area contributed by atoms with Crippen LogP contribution in [-0.2, 0) is 6.42 Å². The smallest absolute Gasteiger partial charge is 0.0108 e. The summed E-state index contributed by atoms with van der Waals surface area (Å²) in [6.07, 6.45) is 8.05. The molecule has 3 rings (SSSR count). The first-order valence-corrected chi connectivity index (χ1v) is 8.57. The predicted molar refractivity (Wildman–Crippen MR) is 91.7 cm³/mol. The summed E-state index contributed by atoms with van der Waals surface area (Å²) in [4.78, 5) is 0. The van der Waals surface area contributed by atoms with Crippen LogP contribution in [0.15, 0.2) is 42.5 Å². The number of rotatable bonds is 8. The molecule has 1 nitrogen and oxygen atoms in total. The van der Waals surface area contributed by atoms with Gasteiger partial charge < -0.3 is 5.32 Å². The quantitative estimate of drug-likeness (QED) is 0.722. The molecule has 1 fully saturated rings. The van der Waals surface area contributed by atoms with Gasteiger partial charge in [0.1, 0.15) is 0 Å². The molecule has 1 aliphatic carbocycles. The predicted octanol–water partition coefficient (Wildman–Crippen LogP) is 4.94. The van der Waals surface area contributed by atoms with E-state index < -0.39 is 0 Å². The molecule has 0 spiro atoms. The summed E-state index contributed by atoms with van der Waals surface area (Å²) in [6, 6.07) is 16.1. The molecule has 1 aliphatic rings. The Morgan fingerprint density at radius 2 is 1.90 bits per heavy atom. The van der Waals surface area contributed by atoms with E-state index in [0.717, 1.165) is 18.9 Å². The largest absolute Gasteiger partial charge is 0.314 e. The third-order valence-corrected chi connectivity index (χ3v) is 4.65. The highest BCUT2D eigenvalue weighted by atomic mass is 14.9. The minimum atomic E-state index is 0.636. The lowest BCUT2D eigenvalue weighted by molar-refractivity contribution is 0.453. The fourth-order valence-electron chi connectivity index (χ4n) is 3.20. The van der Waals surface area contributed by atoms with Crippen molar-refractivity contribution in [1.29, 1.82) is 0 Å². The fraction of sp³-hybridized carbons (Fsp3) is 0.500. The van der Waals surface area contributed by atoms with Crippen molar-refractivity contribution in [3.05, 3.63) is 48.0 Å². The lowest BCUT2D eigenvalue weighted by Crippen LogP contribution is -2.32. The number of fused-ring (bicyclic) bond motifs is 1. The van der Waals surface area contributed by atoms with E-state index in [2.05, 4.69) is 54.7 Å². The summed E-state index contributed by atoms with van der Waals surface area (Å²) < 4.78 is 0. The number of nitrogens with one attached hydrogen (secondary N) is 1. The normalized spacial score (nSPS) is 16.2. The van der Waals surface area contributed by atoms with E-state index >= 15 is 0 Å². The van der Waals surface area contributed by atoms with Crippen molar-refractivity contribution in [1.82, 2.24) is 5.32 Å².